The first kappa shape index (κ1) is 15.0. The normalized spacial score (nSPS) is 18.0. The highest BCUT2D eigenvalue weighted by atomic mass is 16.4. The maximum absolute atomic E-state index is 12.0. The Morgan fingerprint density at radius 3 is 2.11 bits per heavy atom. The van der Waals surface area contributed by atoms with E-state index in [0.29, 0.717) is 0 Å². The molecule has 1 heterocycles. The third kappa shape index (κ3) is 4.64. The van der Waals surface area contributed by atoms with Crippen molar-refractivity contribution in [1.29, 1.82) is 0 Å². The summed E-state index contributed by atoms with van der Waals surface area (Å²) in [6, 6.07) is 0. The van der Waals surface area contributed by atoms with Gasteiger partial charge in [0, 0.05) is 13.1 Å². The van der Waals surface area contributed by atoms with E-state index in [1.165, 1.54) is 19.3 Å². The molecule has 0 unspecified atom stereocenters. The molecular formula is C13H24N2O3. The van der Waals surface area contributed by atoms with E-state index in [-0.39, 0.29) is 12.5 Å². The molecular weight excluding hydrogens is 232 g/mol. The summed E-state index contributed by atoms with van der Waals surface area (Å²) in [6.07, 6.45) is 5.71. The number of carboxylic acid groups (broad SMARTS) is 1. The third-order valence-electron chi connectivity index (χ3n) is 3.42. The van der Waals surface area contributed by atoms with Crippen LogP contribution < -0.4 is 5.32 Å². The first-order valence-corrected chi connectivity index (χ1v) is 6.70. The fraction of sp³-hybridized carbons (Fsp3) is 0.846. The molecule has 0 aromatic heterocycles. The highest BCUT2D eigenvalue weighted by molar-refractivity contribution is 5.81. The molecule has 0 aliphatic carbocycles. The van der Waals surface area contributed by atoms with Gasteiger partial charge < -0.3 is 10.0 Å². The van der Waals surface area contributed by atoms with Gasteiger partial charge in [-0.2, -0.15) is 0 Å². The minimum absolute atomic E-state index is 0.00576. The third-order valence-corrected chi connectivity index (χ3v) is 3.42. The van der Waals surface area contributed by atoms with Gasteiger partial charge in [-0.3, -0.25) is 14.9 Å². The number of hydrogen-bond acceptors (Lipinski definition) is 3. The zero-order valence-corrected chi connectivity index (χ0v) is 11.4. The molecule has 0 aromatic rings. The van der Waals surface area contributed by atoms with Gasteiger partial charge in [0.25, 0.3) is 0 Å². The highest BCUT2D eigenvalue weighted by Crippen LogP contribution is 2.10. The van der Waals surface area contributed by atoms with E-state index in [9.17, 15) is 9.59 Å². The van der Waals surface area contributed by atoms with E-state index >= 15 is 0 Å². The van der Waals surface area contributed by atoms with Crippen LogP contribution in [0.4, 0.5) is 0 Å². The molecule has 1 fully saturated rings. The maximum Gasteiger partial charge on any atom is 0.323 e. The maximum atomic E-state index is 12.0. The summed E-state index contributed by atoms with van der Waals surface area (Å²) in [5.41, 5.74) is -1.06. The summed E-state index contributed by atoms with van der Waals surface area (Å²) in [5.74, 6) is -0.936. The summed E-state index contributed by atoms with van der Waals surface area (Å²) in [5, 5.41) is 11.8. The van der Waals surface area contributed by atoms with E-state index in [1.54, 1.807) is 13.8 Å². The van der Waals surface area contributed by atoms with Crippen molar-refractivity contribution in [2.75, 3.05) is 19.6 Å². The van der Waals surface area contributed by atoms with Gasteiger partial charge in [-0.25, -0.2) is 0 Å². The first-order valence-electron chi connectivity index (χ1n) is 6.70. The van der Waals surface area contributed by atoms with E-state index < -0.39 is 11.5 Å². The van der Waals surface area contributed by atoms with Crippen LogP contribution in [0.15, 0.2) is 0 Å². The number of carboxylic acids is 1. The molecule has 104 valence electrons. The average Bonchev–Trinajstić information content (AvgIpc) is 2.25. The molecule has 18 heavy (non-hydrogen) atoms. The Kier molecular flexibility index (Phi) is 5.59. The SMILES string of the molecule is CC(C)(NCC(=O)N1CCCCCCC1)C(=O)O. The molecule has 0 radical (unpaired) electrons. The predicted octanol–water partition coefficient (Wildman–Crippen LogP) is 1.23. The summed E-state index contributed by atoms with van der Waals surface area (Å²) in [7, 11) is 0. The van der Waals surface area contributed by atoms with Crippen molar-refractivity contribution < 1.29 is 14.7 Å². The van der Waals surface area contributed by atoms with Crippen molar-refractivity contribution in [3.63, 3.8) is 0 Å². The zero-order valence-electron chi connectivity index (χ0n) is 11.4. The van der Waals surface area contributed by atoms with Crippen LogP contribution in [0.1, 0.15) is 46.0 Å². The molecule has 0 aromatic carbocycles. The van der Waals surface area contributed by atoms with Gasteiger partial charge in [0.1, 0.15) is 5.54 Å². The lowest BCUT2D eigenvalue weighted by Crippen LogP contribution is -2.51. The summed E-state index contributed by atoms with van der Waals surface area (Å²) in [4.78, 5) is 24.8. The average molecular weight is 256 g/mol. The molecule has 0 bridgehead atoms. The second-order valence-corrected chi connectivity index (χ2v) is 5.43. The second kappa shape index (κ2) is 6.73. The van der Waals surface area contributed by atoms with Crippen molar-refractivity contribution >= 4 is 11.9 Å². The monoisotopic (exact) mass is 256 g/mol. The van der Waals surface area contributed by atoms with Gasteiger partial charge in [-0.15, -0.1) is 0 Å². The van der Waals surface area contributed by atoms with E-state index in [1.807, 2.05) is 4.90 Å². The minimum Gasteiger partial charge on any atom is -0.480 e. The lowest BCUT2D eigenvalue weighted by atomic mass is 10.1. The van der Waals surface area contributed by atoms with Crippen LogP contribution in [0.3, 0.4) is 0 Å². The summed E-state index contributed by atoms with van der Waals surface area (Å²) in [6.45, 7) is 4.83. The van der Waals surface area contributed by atoms with Crippen LogP contribution in [0.2, 0.25) is 0 Å². The van der Waals surface area contributed by atoms with Gasteiger partial charge in [0.15, 0.2) is 0 Å². The zero-order chi connectivity index (χ0) is 13.6. The molecule has 1 saturated heterocycles. The Balaban J connectivity index is 2.41. The van der Waals surface area contributed by atoms with Gasteiger partial charge in [-0.1, -0.05) is 19.3 Å². The van der Waals surface area contributed by atoms with Crippen LogP contribution in [0.5, 0.6) is 0 Å². The fourth-order valence-electron chi connectivity index (χ4n) is 1.98. The number of rotatable bonds is 4. The summed E-state index contributed by atoms with van der Waals surface area (Å²) >= 11 is 0. The van der Waals surface area contributed by atoms with Crippen LogP contribution >= 0.6 is 0 Å². The molecule has 1 amide bonds. The van der Waals surface area contributed by atoms with Crippen molar-refractivity contribution in [2.45, 2.75) is 51.5 Å². The number of aliphatic carboxylic acids is 1. The van der Waals surface area contributed by atoms with E-state index in [4.69, 9.17) is 5.11 Å². The molecule has 0 saturated carbocycles. The van der Waals surface area contributed by atoms with Crippen LogP contribution in [0.25, 0.3) is 0 Å². The van der Waals surface area contributed by atoms with Crippen LogP contribution in [-0.4, -0.2) is 47.1 Å². The minimum atomic E-state index is -1.06. The van der Waals surface area contributed by atoms with Gasteiger partial charge in [0.2, 0.25) is 5.91 Å². The number of likely N-dealkylation sites (tertiary alicyclic amines) is 1. The standard InChI is InChI=1S/C13H24N2O3/c1-13(2,12(17)18)14-10-11(16)15-8-6-4-3-5-7-9-15/h14H,3-10H2,1-2H3,(H,17,18). The summed E-state index contributed by atoms with van der Waals surface area (Å²) < 4.78 is 0. The van der Waals surface area contributed by atoms with Crippen molar-refractivity contribution in [2.24, 2.45) is 0 Å². The lowest BCUT2D eigenvalue weighted by molar-refractivity contribution is -0.143. The van der Waals surface area contributed by atoms with Crippen molar-refractivity contribution in [3.05, 3.63) is 0 Å². The van der Waals surface area contributed by atoms with Crippen LogP contribution in [0, 0.1) is 0 Å². The number of nitrogens with one attached hydrogen (secondary N) is 1. The number of hydrogen-bond donors (Lipinski definition) is 2. The molecule has 1 rings (SSSR count). The number of carbonyl (C=O) groups excluding carboxylic acids is 1. The first-order chi connectivity index (χ1) is 8.43. The molecule has 1 aliphatic rings. The second-order valence-electron chi connectivity index (χ2n) is 5.43. The Labute approximate surface area is 109 Å². The van der Waals surface area contributed by atoms with Crippen molar-refractivity contribution in [1.82, 2.24) is 10.2 Å². The number of nitrogens with zero attached hydrogens (tertiary/aromatic N) is 1. The smallest absolute Gasteiger partial charge is 0.323 e. The van der Waals surface area contributed by atoms with Gasteiger partial charge in [0.05, 0.1) is 6.54 Å². The lowest BCUT2D eigenvalue weighted by Gasteiger charge is -2.27. The number of amides is 1. The topological polar surface area (TPSA) is 69.6 Å². The van der Waals surface area contributed by atoms with Gasteiger partial charge in [-0.05, 0) is 26.7 Å². The Morgan fingerprint density at radius 1 is 1.11 bits per heavy atom. The Morgan fingerprint density at radius 2 is 1.61 bits per heavy atom. The predicted molar refractivity (Wildman–Crippen MR) is 69.4 cm³/mol. The molecule has 5 nitrogen and oxygen atoms in total. The van der Waals surface area contributed by atoms with Gasteiger partial charge >= 0.3 is 5.97 Å². The molecule has 5 heteroatoms. The Bertz CT molecular complexity index is 295. The highest BCUT2D eigenvalue weighted by Gasteiger charge is 2.27. The molecule has 0 atom stereocenters. The van der Waals surface area contributed by atoms with Crippen molar-refractivity contribution in [3.8, 4) is 0 Å². The fourth-order valence-corrected chi connectivity index (χ4v) is 1.98. The van der Waals surface area contributed by atoms with E-state index in [2.05, 4.69) is 5.32 Å². The Hall–Kier alpha value is -1.10. The number of carbonyl (C=O) groups is 2. The molecule has 1 aliphatic heterocycles. The largest absolute Gasteiger partial charge is 0.480 e. The van der Waals surface area contributed by atoms with E-state index in [0.717, 1.165) is 25.9 Å². The quantitative estimate of drug-likeness (QED) is 0.794. The molecule has 2 N–H and O–H groups in total. The van der Waals surface area contributed by atoms with Crippen LogP contribution in [-0.2, 0) is 9.59 Å². The molecule has 0 spiro atoms.